The summed E-state index contributed by atoms with van der Waals surface area (Å²) in [4.78, 5) is 23.1. The smallest absolute Gasteiger partial charge is 0.287 e. The Morgan fingerprint density at radius 2 is 2.30 bits per heavy atom. The molecule has 0 saturated carbocycles. The molecule has 20 heavy (non-hydrogen) atoms. The largest absolute Gasteiger partial charge is 0.396 e. The van der Waals surface area contributed by atoms with Gasteiger partial charge in [-0.2, -0.15) is 0 Å². The van der Waals surface area contributed by atoms with Crippen molar-refractivity contribution in [3.63, 3.8) is 0 Å². The number of aromatic amines is 1. The third-order valence-electron chi connectivity index (χ3n) is 2.91. The van der Waals surface area contributed by atoms with Crippen LogP contribution in [0.4, 0.5) is 0 Å². The standard InChI is InChI=1S/C11H13N5O4/c17-4-1-7(18)20-6-15-5-13-8-9(15)14-11-12-2-3-16(11)10(8)19/h2-3,5,7,17-18H,1,4,6H2,(H,12,14). The summed E-state index contributed by atoms with van der Waals surface area (Å²) in [5.41, 5.74) is 0.446. The lowest BCUT2D eigenvalue weighted by Crippen LogP contribution is -2.17. The fourth-order valence-electron chi connectivity index (χ4n) is 1.91. The van der Waals surface area contributed by atoms with Crippen molar-refractivity contribution in [1.82, 2.24) is 23.9 Å². The molecule has 0 aromatic carbocycles. The molecule has 0 fully saturated rings. The van der Waals surface area contributed by atoms with Crippen LogP contribution in [0.1, 0.15) is 6.42 Å². The molecule has 0 bridgehead atoms. The number of aromatic nitrogens is 5. The van der Waals surface area contributed by atoms with Crippen molar-refractivity contribution in [2.24, 2.45) is 0 Å². The van der Waals surface area contributed by atoms with Crippen LogP contribution in [0.25, 0.3) is 16.9 Å². The molecule has 9 nitrogen and oxygen atoms in total. The molecule has 1 unspecified atom stereocenters. The Labute approximate surface area is 112 Å². The quantitative estimate of drug-likeness (QED) is 0.518. The molecule has 0 spiro atoms. The molecule has 3 aromatic rings. The minimum atomic E-state index is -1.07. The second-order valence-electron chi connectivity index (χ2n) is 4.23. The van der Waals surface area contributed by atoms with E-state index < -0.39 is 6.29 Å². The first kappa shape index (κ1) is 12.8. The highest BCUT2D eigenvalue weighted by Gasteiger charge is 2.12. The number of aliphatic hydroxyl groups excluding tert-OH is 2. The maximum absolute atomic E-state index is 12.1. The lowest BCUT2D eigenvalue weighted by Gasteiger charge is -2.11. The SMILES string of the molecule is O=c1c2ncn(COC(O)CCO)c2[nH]c2nccn12. The number of nitrogens with one attached hydrogen (secondary N) is 1. The van der Waals surface area contributed by atoms with E-state index >= 15 is 0 Å². The average molecular weight is 279 g/mol. The van der Waals surface area contributed by atoms with Crippen molar-refractivity contribution in [3.05, 3.63) is 29.1 Å². The van der Waals surface area contributed by atoms with Gasteiger partial charge in [0, 0.05) is 25.4 Å². The Morgan fingerprint density at radius 1 is 1.45 bits per heavy atom. The van der Waals surface area contributed by atoms with Crippen molar-refractivity contribution >= 4 is 16.9 Å². The zero-order chi connectivity index (χ0) is 14.1. The molecule has 106 valence electrons. The van der Waals surface area contributed by atoms with Gasteiger partial charge in [0.15, 0.2) is 11.8 Å². The van der Waals surface area contributed by atoms with Crippen LogP contribution >= 0.6 is 0 Å². The zero-order valence-corrected chi connectivity index (χ0v) is 10.4. The number of nitrogens with zero attached hydrogens (tertiary/aromatic N) is 4. The second-order valence-corrected chi connectivity index (χ2v) is 4.23. The lowest BCUT2D eigenvalue weighted by molar-refractivity contribution is -0.132. The van der Waals surface area contributed by atoms with E-state index in [1.807, 2.05) is 0 Å². The first-order valence-corrected chi connectivity index (χ1v) is 6.01. The second kappa shape index (κ2) is 5.04. The molecule has 3 N–H and O–H groups in total. The molecule has 0 saturated heterocycles. The number of aliphatic hydroxyl groups is 2. The third-order valence-corrected chi connectivity index (χ3v) is 2.91. The molecule has 3 aromatic heterocycles. The summed E-state index contributed by atoms with van der Waals surface area (Å²) in [5, 5.41) is 18.1. The molecule has 9 heteroatoms. The van der Waals surface area contributed by atoms with Crippen molar-refractivity contribution < 1.29 is 14.9 Å². The van der Waals surface area contributed by atoms with E-state index in [1.165, 1.54) is 16.9 Å². The van der Waals surface area contributed by atoms with Gasteiger partial charge in [0.2, 0.25) is 5.78 Å². The highest BCUT2D eigenvalue weighted by molar-refractivity contribution is 5.71. The van der Waals surface area contributed by atoms with Crippen molar-refractivity contribution in [3.8, 4) is 0 Å². The molecular formula is C11H13N5O4. The minimum absolute atomic E-state index is 0.00445. The van der Waals surface area contributed by atoms with E-state index in [1.54, 1.807) is 10.8 Å². The summed E-state index contributed by atoms with van der Waals surface area (Å²) < 4.78 is 8.05. The molecule has 0 radical (unpaired) electrons. The summed E-state index contributed by atoms with van der Waals surface area (Å²) in [6.45, 7) is -0.165. The highest BCUT2D eigenvalue weighted by Crippen LogP contribution is 2.08. The minimum Gasteiger partial charge on any atom is -0.396 e. The van der Waals surface area contributed by atoms with Gasteiger partial charge in [-0.15, -0.1) is 0 Å². The van der Waals surface area contributed by atoms with Crippen LogP contribution in [0, 0.1) is 0 Å². The molecule has 3 rings (SSSR count). The summed E-state index contributed by atoms with van der Waals surface area (Å²) in [6.07, 6.45) is 3.55. The first-order chi connectivity index (χ1) is 9.70. The molecular weight excluding hydrogens is 266 g/mol. The van der Waals surface area contributed by atoms with Gasteiger partial charge in [0.25, 0.3) is 5.56 Å². The van der Waals surface area contributed by atoms with E-state index in [2.05, 4.69) is 15.0 Å². The summed E-state index contributed by atoms with van der Waals surface area (Å²) >= 11 is 0. The fraction of sp³-hybridized carbons (Fsp3) is 0.364. The van der Waals surface area contributed by atoms with Crippen LogP contribution in [0.5, 0.6) is 0 Å². The highest BCUT2D eigenvalue weighted by atomic mass is 16.6. The Kier molecular flexibility index (Phi) is 3.22. The maximum atomic E-state index is 12.1. The van der Waals surface area contributed by atoms with E-state index in [4.69, 9.17) is 9.84 Å². The molecule has 1 atom stereocenters. The summed E-state index contributed by atoms with van der Waals surface area (Å²) in [5.74, 6) is 0.403. The van der Waals surface area contributed by atoms with E-state index in [0.29, 0.717) is 11.4 Å². The maximum Gasteiger partial charge on any atom is 0.287 e. The van der Waals surface area contributed by atoms with Gasteiger partial charge in [-0.05, 0) is 0 Å². The molecule has 3 heterocycles. The van der Waals surface area contributed by atoms with Crippen LogP contribution in [0.15, 0.2) is 23.5 Å². The number of imidazole rings is 2. The van der Waals surface area contributed by atoms with Crippen LogP contribution in [0.2, 0.25) is 0 Å². The predicted octanol–water partition coefficient (Wildman–Crippen LogP) is -0.953. The number of fused-ring (bicyclic) bond motifs is 2. The topological polar surface area (TPSA) is 118 Å². The fourth-order valence-corrected chi connectivity index (χ4v) is 1.91. The normalized spacial score (nSPS) is 13.3. The zero-order valence-electron chi connectivity index (χ0n) is 10.4. The van der Waals surface area contributed by atoms with Crippen molar-refractivity contribution in [2.75, 3.05) is 6.61 Å². The molecule has 0 aliphatic heterocycles. The van der Waals surface area contributed by atoms with E-state index in [0.717, 1.165) is 0 Å². The number of H-pyrrole nitrogens is 1. The molecule has 0 aliphatic rings. The van der Waals surface area contributed by atoms with E-state index in [-0.39, 0.29) is 30.8 Å². The van der Waals surface area contributed by atoms with Gasteiger partial charge in [-0.1, -0.05) is 0 Å². The van der Waals surface area contributed by atoms with Gasteiger partial charge in [0.05, 0.1) is 6.33 Å². The summed E-state index contributed by atoms with van der Waals surface area (Å²) in [6, 6.07) is 0. The number of rotatable bonds is 5. The van der Waals surface area contributed by atoms with Gasteiger partial charge in [0.1, 0.15) is 12.4 Å². The molecule has 0 aliphatic carbocycles. The number of hydrogen-bond acceptors (Lipinski definition) is 6. The van der Waals surface area contributed by atoms with Crippen LogP contribution in [-0.4, -0.2) is 47.0 Å². The number of hydrogen-bond donors (Lipinski definition) is 3. The Morgan fingerprint density at radius 3 is 3.10 bits per heavy atom. The predicted molar refractivity (Wildman–Crippen MR) is 67.9 cm³/mol. The van der Waals surface area contributed by atoms with Gasteiger partial charge in [-0.3, -0.25) is 9.36 Å². The van der Waals surface area contributed by atoms with Crippen LogP contribution < -0.4 is 5.56 Å². The lowest BCUT2D eigenvalue weighted by atomic mass is 10.4. The summed E-state index contributed by atoms with van der Waals surface area (Å²) in [7, 11) is 0. The van der Waals surface area contributed by atoms with E-state index in [9.17, 15) is 9.90 Å². The van der Waals surface area contributed by atoms with Gasteiger partial charge < -0.3 is 19.9 Å². The van der Waals surface area contributed by atoms with Crippen molar-refractivity contribution in [2.45, 2.75) is 19.4 Å². The third kappa shape index (κ3) is 2.07. The average Bonchev–Trinajstić information content (AvgIpc) is 3.04. The number of ether oxygens (including phenoxy) is 1. The molecule has 0 amide bonds. The van der Waals surface area contributed by atoms with Gasteiger partial charge >= 0.3 is 0 Å². The first-order valence-electron chi connectivity index (χ1n) is 6.01. The Hall–Kier alpha value is -2.23. The Bertz CT molecular complexity index is 789. The van der Waals surface area contributed by atoms with Gasteiger partial charge in [-0.25, -0.2) is 14.4 Å². The van der Waals surface area contributed by atoms with Crippen LogP contribution in [-0.2, 0) is 11.5 Å². The van der Waals surface area contributed by atoms with Crippen molar-refractivity contribution in [1.29, 1.82) is 0 Å². The monoisotopic (exact) mass is 279 g/mol. The van der Waals surface area contributed by atoms with Crippen LogP contribution in [0.3, 0.4) is 0 Å². The Balaban J connectivity index is 1.96.